The lowest BCUT2D eigenvalue weighted by Crippen LogP contribution is -2.36. The summed E-state index contributed by atoms with van der Waals surface area (Å²) in [6.07, 6.45) is 5.95. The fourth-order valence-electron chi connectivity index (χ4n) is 1.74. The van der Waals surface area contributed by atoms with E-state index in [1.165, 1.54) is 0 Å². The second-order valence-electron chi connectivity index (χ2n) is 4.28. The first kappa shape index (κ1) is 13.3. The Labute approximate surface area is 111 Å². The number of hydrogen-bond donors (Lipinski definition) is 2. The molecular formula is C14H17N3O2. The van der Waals surface area contributed by atoms with Gasteiger partial charge in [-0.2, -0.15) is 0 Å². The van der Waals surface area contributed by atoms with Gasteiger partial charge in [0.15, 0.2) is 0 Å². The summed E-state index contributed by atoms with van der Waals surface area (Å²) < 4.78 is 1.87. The standard InChI is InChI=1S/C14H17N3O2/c1-2-12(9-18)16-14(19)11-3-5-13(6-4-11)17-8-7-15-10-17/h3-8,10,12,18H,2,9H2,1H3,(H,16,19). The average Bonchev–Trinajstić information content (AvgIpc) is 2.99. The maximum Gasteiger partial charge on any atom is 0.251 e. The third-order valence-corrected chi connectivity index (χ3v) is 2.98. The van der Waals surface area contributed by atoms with Crippen LogP contribution in [0.3, 0.4) is 0 Å². The van der Waals surface area contributed by atoms with E-state index >= 15 is 0 Å². The van der Waals surface area contributed by atoms with Crippen molar-refractivity contribution in [3.63, 3.8) is 0 Å². The van der Waals surface area contributed by atoms with E-state index in [9.17, 15) is 4.79 Å². The van der Waals surface area contributed by atoms with Gasteiger partial charge in [-0.05, 0) is 30.7 Å². The highest BCUT2D eigenvalue weighted by Gasteiger charge is 2.11. The summed E-state index contributed by atoms with van der Waals surface area (Å²) in [7, 11) is 0. The largest absolute Gasteiger partial charge is 0.394 e. The molecule has 1 atom stereocenters. The van der Waals surface area contributed by atoms with Crippen LogP contribution in [0, 0.1) is 0 Å². The van der Waals surface area contributed by atoms with E-state index in [0.717, 1.165) is 5.69 Å². The Kier molecular flexibility index (Phi) is 4.30. The lowest BCUT2D eigenvalue weighted by Gasteiger charge is -2.14. The number of nitrogens with one attached hydrogen (secondary N) is 1. The van der Waals surface area contributed by atoms with E-state index in [4.69, 9.17) is 5.11 Å². The van der Waals surface area contributed by atoms with Crippen LogP contribution >= 0.6 is 0 Å². The van der Waals surface area contributed by atoms with Crippen molar-refractivity contribution in [2.45, 2.75) is 19.4 Å². The molecule has 0 bridgehead atoms. The molecular weight excluding hydrogens is 242 g/mol. The quantitative estimate of drug-likeness (QED) is 0.852. The number of aliphatic hydroxyl groups is 1. The number of rotatable bonds is 5. The zero-order valence-corrected chi connectivity index (χ0v) is 10.8. The number of hydrogen-bond acceptors (Lipinski definition) is 3. The predicted octanol–water partition coefficient (Wildman–Crippen LogP) is 1.37. The molecule has 1 aromatic heterocycles. The first-order valence-electron chi connectivity index (χ1n) is 6.24. The summed E-state index contributed by atoms with van der Waals surface area (Å²) >= 11 is 0. The summed E-state index contributed by atoms with van der Waals surface area (Å²) in [5.74, 6) is -0.168. The highest BCUT2D eigenvalue weighted by atomic mass is 16.3. The summed E-state index contributed by atoms with van der Waals surface area (Å²) in [6, 6.07) is 7.04. The van der Waals surface area contributed by atoms with Gasteiger partial charge < -0.3 is 15.0 Å². The molecule has 1 heterocycles. The molecule has 0 aliphatic heterocycles. The van der Waals surface area contributed by atoms with Crippen molar-refractivity contribution >= 4 is 5.91 Å². The molecule has 2 aromatic rings. The number of nitrogens with zero attached hydrogens (tertiary/aromatic N) is 2. The molecule has 0 saturated carbocycles. The average molecular weight is 259 g/mol. The van der Waals surface area contributed by atoms with E-state index in [1.807, 2.05) is 29.8 Å². The van der Waals surface area contributed by atoms with Crippen LogP contribution in [0.25, 0.3) is 5.69 Å². The minimum Gasteiger partial charge on any atom is -0.394 e. The second-order valence-corrected chi connectivity index (χ2v) is 4.28. The van der Waals surface area contributed by atoms with Crippen molar-refractivity contribution in [1.82, 2.24) is 14.9 Å². The van der Waals surface area contributed by atoms with Crippen molar-refractivity contribution in [2.24, 2.45) is 0 Å². The Morgan fingerprint density at radius 1 is 1.42 bits per heavy atom. The van der Waals surface area contributed by atoms with Gasteiger partial charge in [-0.1, -0.05) is 6.92 Å². The molecule has 1 amide bonds. The van der Waals surface area contributed by atoms with Crippen molar-refractivity contribution in [2.75, 3.05) is 6.61 Å². The second kappa shape index (κ2) is 6.15. The lowest BCUT2D eigenvalue weighted by molar-refractivity contribution is 0.0915. The van der Waals surface area contributed by atoms with Crippen molar-refractivity contribution in [3.05, 3.63) is 48.5 Å². The first-order chi connectivity index (χ1) is 9.24. The van der Waals surface area contributed by atoms with Gasteiger partial charge >= 0.3 is 0 Å². The number of amides is 1. The number of imidazole rings is 1. The summed E-state index contributed by atoms with van der Waals surface area (Å²) in [5.41, 5.74) is 1.53. The van der Waals surface area contributed by atoms with Crippen LogP contribution in [0.2, 0.25) is 0 Å². The topological polar surface area (TPSA) is 67.2 Å². The van der Waals surface area contributed by atoms with E-state index in [-0.39, 0.29) is 18.6 Å². The highest BCUT2D eigenvalue weighted by molar-refractivity contribution is 5.94. The Morgan fingerprint density at radius 2 is 2.16 bits per heavy atom. The molecule has 2 N–H and O–H groups in total. The molecule has 0 fully saturated rings. The van der Waals surface area contributed by atoms with Gasteiger partial charge in [0.1, 0.15) is 0 Å². The van der Waals surface area contributed by atoms with Crippen molar-refractivity contribution in [3.8, 4) is 5.69 Å². The number of aromatic nitrogens is 2. The molecule has 0 spiro atoms. The Hall–Kier alpha value is -2.14. The number of aliphatic hydroxyl groups excluding tert-OH is 1. The molecule has 0 aliphatic carbocycles. The van der Waals surface area contributed by atoms with Crippen LogP contribution in [0.1, 0.15) is 23.7 Å². The molecule has 5 nitrogen and oxygen atoms in total. The van der Waals surface area contributed by atoms with Gasteiger partial charge in [0.05, 0.1) is 19.0 Å². The zero-order chi connectivity index (χ0) is 13.7. The van der Waals surface area contributed by atoms with Crippen LogP contribution < -0.4 is 5.32 Å². The molecule has 0 saturated heterocycles. The molecule has 2 rings (SSSR count). The van der Waals surface area contributed by atoms with Crippen LogP contribution in [-0.2, 0) is 0 Å². The molecule has 1 aromatic carbocycles. The SMILES string of the molecule is CCC(CO)NC(=O)c1ccc(-n2ccnc2)cc1. The monoisotopic (exact) mass is 259 g/mol. The highest BCUT2D eigenvalue weighted by Crippen LogP contribution is 2.09. The Bertz CT molecular complexity index is 516. The molecule has 0 aliphatic rings. The molecule has 100 valence electrons. The third-order valence-electron chi connectivity index (χ3n) is 2.98. The predicted molar refractivity (Wildman–Crippen MR) is 72.2 cm³/mol. The summed E-state index contributed by atoms with van der Waals surface area (Å²) in [6.45, 7) is 1.87. The van der Waals surface area contributed by atoms with Gasteiger partial charge in [-0.25, -0.2) is 4.98 Å². The Balaban J connectivity index is 2.08. The minimum absolute atomic E-state index is 0.0463. The summed E-state index contributed by atoms with van der Waals surface area (Å²) in [4.78, 5) is 15.9. The van der Waals surface area contributed by atoms with Crippen LogP contribution in [-0.4, -0.2) is 33.2 Å². The minimum atomic E-state index is -0.194. The van der Waals surface area contributed by atoms with E-state index in [0.29, 0.717) is 12.0 Å². The zero-order valence-electron chi connectivity index (χ0n) is 10.8. The van der Waals surface area contributed by atoms with E-state index in [2.05, 4.69) is 10.3 Å². The maximum absolute atomic E-state index is 11.9. The summed E-state index contributed by atoms with van der Waals surface area (Å²) in [5, 5.41) is 11.8. The number of carbonyl (C=O) groups is 1. The molecule has 5 heteroatoms. The smallest absolute Gasteiger partial charge is 0.251 e. The number of carbonyl (C=O) groups excluding carboxylic acids is 1. The lowest BCUT2D eigenvalue weighted by atomic mass is 10.1. The fourth-order valence-corrected chi connectivity index (χ4v) is 1.74. The van der Waals surface area contributed by atoms with Crippen molar-refractivity contribution in [1.29, 1.82) is 0 Å². The van der Waals surface area contributed by atoms with E-state index in [1.54, 1.807) is 24.7 Å². The van der Waals surface area contributed by atoms with Gasteiger partial charge in [0.2, 0.25) is 0 Å². The van der Waals surface area contributed by atoms with Crippen LogP contribution in [0.5, 0.6) is 0 Å². The molecule has 1 unspecified atom stereocenters. The van der Waals surface area contributed by atoms with Crippen LogP contribution in [0.15, 0.2) is 43.0 Å². The van der Waals surface area contributed by atoms with Crippen molar-refractivity contribution < 1.29 is 9.90 Å². The fraction of sp³-hybridized carbons (Fsp3) is 0.286. The van der Waals surface area contributed by atoms with Gasteiger partial charge in [-0.3, -0.25) is 4.79 Å². The van der Waals surface area contributed by atoms with Gasteiger partial charge in [0, 0.05) is 23.6 Å². The maximum atomic E-state index is 11.9. The molecule has 0 radical (unpaired) electrons. The normalized spacial score (nSPS) is 12.1. The molecule has 19 heavy (non-hydrogen) atoms. The van der Waals surface area contributed by atoms with E-state index < -0.39 is 0 Å². The Morgan fingerprint density at radius 3 is 2.68 bits per heavy atom. The first-order valence-corrected chi connectivity index (χ1v) is 6.24. The number of benzene rings is 1. The van der Waals surface area contributed by atoms with Gasteiger partial charge in [-0.15, -0.1) is 0 Å². The van der Waals surface area contributed by atoms with Crippen LogP contribution in [0.4, 0.5) is 0 Å². The van der Waals surface area contributed by atoms with Gasteiger partial charge in [0.25, 0.3) is 5.91 Å². The third kappa shape index (κ3) is 3.20.